The third kappa shape index (κ3) is 7.49. The van der Waals surface area contributed by atoms with Gasteiger partial charge in [0.1, 0.15) is 0 Å². The molecule has 1 rings (SSSR count). The molecule has 0 aromatic heterocycles. The monoisotopic (exact) mass is 322 g/mol. The molecule has 0 aliphatic carbocycles. The summed E-state index contributed by atoms with van der Waals surface area (Å²) in [7, 11) is 3.09. The first-order valence-electron chi connectivity index (χ1n) is 7.10. The zero-order valence-electron chi connectivity index (χ0n) is 13.6. The summed E-state index contributed by atoms with van der Waals surface area (Å²) < 4.78 is 25.5. The Bertz CT molecular complexity index is 536. The fraction of sp³-hybridized carbons (Fsp3) is 0.353. The summed E-state index contributed by atoms with van der Waals surface area (Å²) >= 11 is 0. The predicted molar refractivity (Wildman–Crippen MR) is 86.3 cm³/mol. The molecule has 6 heteroatoms. The van der Waals surface area contributed by atoms with E-state index in [0.29, 0.717) is 18.1 Å². The Morgan fingerprint density at radius 3 is 2.39 bits per heavy atom. The van der Waals surface area contributed by atoms with Crippen LogP contribution in [0.4, 0.5) is 0 Å². The molecule has 0 aliphatic heterocycles. The largest absolute Gasteiger partial charge is 0.464 e. The number of methoxy groups -OCH3 is 2. The van der Waals surface area contributed by atoms with Gasteiger partial charge in [-0.2, -0.15) is 0 Å². The van der Waals surface area contributed by atoms with Crippen LogP contribution in [0.3, 0.4) is 0 Å². The lowest BCUT2D eigenvalue weighted by Crippen LogP contribution is -2.04. The summed E-state index contributed by atoms with van der Waals surface area (Å²) in [5.41, 5.74) is 0.884. The van der Waals surface area contributed by atoms with E-state index in [1.54, 1.807) is 45.4 Å². The number of ether oxygens (including phenoxy) is 5. The molecule has 0 atom stereocenters. The minimum atomic E-state index is -0.371. The quantitative estimate of drug-likeness (QED) is 0.286. The van der Waals surface area contributed by atoms with Gasteiger partial charge in [0.2, 0.25) is 0 Å². The number of carbonyl (C=O) groups excluding carboxylic acids is 1. The van der Waals surface area contributed by atoms with Gasteiger partial charge in [-0.1, -0.05) is 24.3 Å². The van der Waals surface area contributed by atoms with Crippen LogP contribution in [0.15, 0.2) is 36.4 Å². The van der Waals surface area contributed by atoms with E-state index in [1.807, 2.05) is 12.1 Å². The predicted octanol–water partition coefficient (Wildman–Crippen LogP) is 2.78. The Balaban J connectivity index is 2.76. The van der Waals surface area contributed by atoms with E-state index >= 15 is 0 Å². The van der Waals surface area contributed by atoms with Gasteiger partial charge < -0.3 is 23.7 Å². The van der Waals surface area contributed by atoms with Crippen LogP contribution >= 0.6 is 0 Å². The topological polar surface area (TPSA) is 63.2 Å². The van der Waals surface area contributed by atoms with Gasteiger partial charge >= 0.3 is 5.97 Å². The van der Waals surface area contributed by atoms with Crippen molar-refractivity contribution in [3.05, 3.63) is 42.0 Å². The van der Waals surface area contributed by atoms with E-state index in [-0.39, 0.29) is 19.6 Å². The molecule has 0 bridgehead atoms. The molecule has 0 fully saturated rings. The molecule has 0 unspecified atom stereocenters. The van der Waals surface area contributed by atoms with Gasteiger partial charge in [-0.25, -0.2) is 4.79 Å². The van der Waals surface area contributed by atoms with Gasteiger partial charge in [-0.15, -0.1) is 0 Å². The summed E-state index contributed by atoms with van der Waals surface area (Å²) in [4.78, 5) is 11.2. The zero-order chi connectivity index (χ0) is 16.9. The van der Waals surface area contributed by atoms with Crippen molar-refractivity contribution in [1.29, 1.82) is 0 Å². The summed E-state index contributed by atoms with van der Waals surface area (Å²) in [6.45, 7) is 2.35. The Hall–Kier alpha value is -2.31. The lowest BCUT2D eigenvalue weighted by Gasteiger charge is -2.12. The van der Waals surface area contributed by atoms with Crippen LogP contribution in [0, 0.1) is 0 Å². The first kappa shape index (κ1) is 18.7. The molecule has 0 aliphatic rings. The van der Waals surface area contributed by atoms with Crippen molar-refractivity contribution >= 4 is 12.0 Å². The van der Waals surface area contributed by atoms with E-state index in [0.717, 1.165) is 5.56 Å². The molecular weight excluding hydrogens is 300 g/mol. The van der Waals surface area contributed by atoms with Crippen molar-refractivity contribution in [3.8, 4) is 11.5 Å². The molecule has 0 saturated heterocycles. The van der Waals surface area contributed by atoms with Crippen LogP contribution < -0.4 is 9.47 Å². The van der Waals surface area contributed by atoms with Crippen molar-refractivity contribution in [3.63, 3.8) is 0 Å². The number of hydrogen-bond donors (Lipinski definition) is 0. The van der Waals surface area contributed by atoms with Crippen LogP contribution in [0.25, 0.3) is 6.08 Å². The molecular formula is C17H22O6. The van der Waals surface area contributed by atoms with Crippen molar-refractivity contribution in [2.75, 3.05) is 34.4 Å². The standard InChI is InChI=1S/C17H22O6/c1-4-21-17(18)8-6-5-7-14-9-10-15(22-12-19-2)16(11-14)23-13-20-3/h5-11H,4,12-13H2,1-3H3. The van der Waals surface area contributed by atoms with Crippen LogP contribution in [0.2, 0.25) is 0 Å². The Morgan fingerprint density at radius 2 is 1.74 bits per heavy atom. The van der Waals surface area contributed by atoms with Gasteiger partial charge in [-0.3, -0.25) is 0 Å². The second-order valence-electron chi connectivity index (χ2n) is 4.28. The number of esters is 1. The van der Waals surface area contributed by atoms with Crippen LogP contribution in [0.1, 0.15) is 12.5 Å². The van der Waals surface area contributed by atoms with Gasteiger partial charge in [0.25, 0.3) is 0 Å². The minimum absolute atomic E-state index is 0.110. The Labute approximate surface area is 136 Å². The average molecular weight is 322 g/mol. The molecule has 0 heterocycles. The van der Waals surface area contributed by atoms with Crippen molar-refractivity contribution in [2.45, 2.75) is 6.92 Å². The molecule has 0 spiro atoms. The lowest BCUT2D eigenvalue weighted by molar-refractivity contribution is -0.137. The molecule has 1 aromatic rings. The normalized spacial score (nSPS) is 11.1. The van der Waals surface area contributed by atoms with Crippen LogP contribution in [0.5, 0.6) is 11.5 Å². The SMILES string of the molecule is CCOC(=O)C=CC=Cc1ccc(OCOC)c(OCOC)c1. The number of benzene rings is 1. The Kier molecular flexibility index (Phi) is 9.19. The zero-order valence-corrected chi connectivity index (χ0v) is 13.6. The molecule has 6 nitrogen and oxygen atoms in total. The summed E-state index contributed by atoms with van der Waals surface area (Å²) in [6, 6.07) is 5.44. The molecule has 0 amide bonds. The van der Waals surface area contributed by atoms with Gasteiger partial charge in [0.05, 0.1) is 6.61 Å². The van der Waals surface area contributed by atoms with Gasteiger partial charge in [-0.05, 0) is 24.6 Å². The first-order valence-corrected chi connectivity index (χ1v) is 7.10. The van der Waals surface area contributed by atoms with E-state index in [2.05, 4.69) is 0 Å². The second-order valence-corrected chi connectivity index (χ2v) is 4.28. The number of carbonyl (C=O) groups is 1. The summed E-state index contributed by atoms with van der Waals surface area (Å²) in [5, 5.41) is 0. The maximum atomic E-state index is 11.2. The summed E-state index contributed by atoms with van der Waals surface area (Å²) in [6.07, 6.45) is 6.54. The highest BCUT2D eigenvalue weighted by Gasteiger charge is 2.06. The van der Waals surface area contributed by atoms with Crippen molar-refractivity contribution < 1.29 is 28.5 Å². The van der Waals surface area contributed by atoms with Crippen molar-refractivity contribution in [2.24, 2.45) is 0 Å². The highest BCUT2D eigenvalue weighted by molar-refractivity contribution is 5.82. The summed E-state index contributed by atoms with van der Waals surface area (Å²) in [5.74, 6) is 0.730. The lowest BCUT2D eigenvalue weighted by atomic mass is 10.2. The Morgan fingerprint density at radius 1 is 1.04 bits per heavy atom. The smallest absolute Gasteiger partial charge is 0.330 e. The first-order chi connectivity index (χ1) is 11.2. The van der Waals surface area contributed by atoms with E-state index in [9.17, 15) is 4.79 Å². The fourth-order valence-electron chi connectivity index (χ4n) is 1.60. The average Bonchev–Trinajstić information content (AvgIpc) is 2.56. The maximum Gasteiger partial charge on any atom is 0.330 e. The number of allylic oxidation sites excluding steroid dienone is 2. The molecule has 1 aromatic carbocycles. The fourth-order valence-corrected chi connectivity index (χ4v) is 1.60. The minimum Gasteiger partial charge on any atom is -0.464 e. The third-order valence-electron chi connectivity index (χ3n) is 2.55. The maximum absolute atomic E-state index is 11.2. The van der Waals surface area contributed by atoms with E-state index in [1.165, 1.54) is 6.08 Å². The molecule has 23 heavy (non-hydrogen) atoms. The van der Waals surface area contributed by atoms with Crippen LogP contribution in [-0.2, 0) is 19.0 Å². The van der Waals surface area contributed by atoms with Gasteiger partial charge in [0.15, 0.2) is 25.1 Å². The second kappa shape index (κ2) is 11.3. The molecule has 0 N–H and O–H groups in total. The molecule has 126 valence electrons. The van der Waals surface area contributed by atoms with Crippen molar-refractivity contribution in [1.82, 2.24) is 0 Å². The third-order valence-corrected chi connectivity index (χ3v) is 2.55. The number of rotatable bonds is 10. The van der Waals surface area contributed by atoms with Gasteiger partial charge in [0, 0.05) is 20.3 Å². The highest BCUT2D eigenvalue weighted by Crippen LogP contribution is 2.29. The highest BCUT2D eigenvalue weighted by atomic mass is 16.7. The molecule has 0 radical (unpaired) electrons. The van der Waals surface area contributed by atoms with Crippen LogP contribution in [-0.4, -0.2) is 40.4 Å². The molecule has 0 saturated carbocycles. The number of hydrogen-bond acceptors (Lipinski definition) is 6. The van der Waals surface area contributed by atoms with E-state index in [4.69, 9.17) is 23.7 Å². The van der Waals surface area contributed by atoms with E-state index < -0.39 is 0 Å².